The number of hydrogen-bond donors (Lipinski definition) is 2. The molecular weight excluding hydrogens is 225 g/mol. The molecule has 5 nitrogen and oxygen atoms in total. The van der Waals surface area contributed by atoms with Crippen LogP contribution < -0.4 is 5.73 Å². The van der Waals surface area contributed by atoms with Gasteiger partial charge in [-0.25, -0.2) is 9.07 Å². The lowest BCUT2D eigenvalue weighted by Crippen LogP contribution is -2.12. The summed E-state index contributed by atoms with van der Waals surface area (Å²) in [5.74, 6) is -1.20. The molecule has 2 aromatic rings. The number of aromatic nitrogens is 2. The molecule has 0 aliphatic carbocycles. The Labute approximate surface area is 96.3 Å². The molecule has 0 spiro atoms. The van der Waals surface area contributed by atoms with Gasteiger partial charge in [-0.05, 0) is 23.8 Å². The molecule has 0 aliphatic heterocycles. The van der Waals surface area contributed by atoms with Gasteiger partial charge in [0.15, 0.2) is 0 Å². The van der Waals surface area contributed by atoms with Gasteiger partial charge in [-0.15, -0.1) is 0 Å². The lowest BCUT2D eigenvalue weighted by atomic mass is 10.2. The Bertz CT molecular complexity index is 566. The first-order valence-corrected chi connectivity index (χ1v) is 4.87. The molecule has 17 heavy (non-hydrogen) atoms. The summed E-state index contributed by atoms with van der Waals surface area (Å²) in [4.78, 5) is 10.9. The highest BCUT2D eigenvalue weighted by Crippen LogP contribution is 2.15. The third-order valence-corrected chi connectivity index (χ3v) is 2.28. The molecule has 0 bridgehead atoms. The predicted octanol–water partition coefficient (Wildman–Crippen LogP) is 0.603. The quantitative estimate of drug-likeness (QED) is 0.817. The fourth-order valence-corrected chi connectivity index (χ4v) is 1.42. The highest BCUT2D eigenvalue weighted by Gasteiger charge is 2.09. The van der Waals surface area contributed by atoms with Gasteiger partial charge in [0, 0.05) is 6.20 Å². The van der Waals surface area contributed by atoms with Gasteiger partial charge in [0.25, 0.3) is 5.91 Å². The van der Waals surface area contributed by atoms with Crippen molar-refractivity contribution in [3.8, 4) is 5.69 Å². The average molecular weight is 235 g/mol. The second kappa shape index (κ2) is 4.34. The van der Waals surface area contributed by atoms with Gasteiger partial charge in [-0.3, -0.25) is 4.79 Å². The van der Waals surface area contributed by atoms with Crippen LogP contribution in [0, 0.1) is 5.82 Å². The second-order valence-corrected chi connectivity index (χ2v) is 3.45. The monoisotopic (exact) mass is 235 g/mol. The molecular formula is C11H10FN3O2. The largest absolute Gasteiger partial charge is 0.392 e. The van der Waals surface area contributed by atoms with E-state index >= 15 is 0 Å². The highest BCUT2D eigenvalue weighted by molar-refractivity contribution is 5.90. The maximum Gasteiger partial charge on any atom is 0.269 e. The number of carbonyl (C=O) groups excluding carboxylic acids is 1. The van der Waals surface area contributed by atoms with E-state index in [4.69, 9.17) is 10.8 Å². The van der Waals surface area contributed by atoms with E-state index in [1.807, 2.05) is 0 Å². The van der Waals surface area contributed by atoms with Crippen LogP contribution in [-0.2, 0) is 6.61 Å². The fourth-order valence-electron chi connectivity index (χ4n) is 1.42. The molecule has 0 saturated heterocycles. The van der Waals surface area contributed by atoms with Gasteiger partial charge in [0.05, 0.1) is 6.61 Å². The summed E-state index contributed by atoms with van der Waals surface area (Å²) in [6.07, 6.45) is 1.44. The Kier molecular flexibility index (Phi) is 2.88. The van der Waals surface area contributed by atoms with Gasteiger partial charge in [-0.2, -0.15) is 5.10 Å². The number of rotatable bonds is 3. The van der Waals surface area contributed by atoms with Crippen molar-refractivity contribution >= 4 is 5.91 Å². The van der Waals surface area contributed by atoms with Crippen molar-refractivity contribution in [2.24, 2.45) is 5.73 Å². The number of aliphatic hydroxyl groups is 1. The topological polar surface area (TPSA) is 81.1 Å². The summed E-state index contributed by atoms with van der Waals surface area (Å²) in [7, 11) is 0. The summed E-state index contributed by atoms with van der Waals surface area (Å²) in [6.45, 7) is -0.233. The van der Waals surface area contributed by atoms with Gasteiger partial charge < -0.3 is 10.8 Å². The number of hydrogen-bond acceptors (Lipinski definition) is 3. The number of halogens is 1. The Hall–Kier alpha value is -2.21. The third-order valence-electron chi connectivity index (χ3n) is 2.28. The molecule has 1 amide bonds. The average Bonchev–Trinajstić information content (AvgIpc) is 2.78. The van der Waals surface area contributed by atoms with E-state index in [2.05, 4.69) is 5.10 Å². The number of carbonyl (C=O) groups is 1. The zero-order chi connectivity index (χ0) is 12.4. The predicted molar refractivity (Wildman–Crippen MR) is 58.0 cm³/mol. The first kappa shape index (κ1) is 11.3. The van der Waals surface area contributed by atoms with Crippen LogP contribution in [0.5, 0.6) is 0 Å². The third kappa shape index (κ3) is 2.16. The van der Waals surface area contributed by atoms with Crippen LogP contribution in [0.25, 0.3) is 5.69 Å². The molecule has 1 aromatic carbocycles. The number of amides is 1. The number of benzene rings is 1. The highest BCUT2D eigenvalue weighted by atomic mass is 19.1. The standard InChI is InChI=1S/C11H10FN3O2/c12-8-5-7(6-16)1-2-10(8)15-4-3-9(14-15)11(13)17/h1-5,16H,6H2,(H2,13,17). The minimum atomic E-state index is -0.670. The molecule has 1 aromatic heterocycles. The van der Waals surface area contributed by atoms with E-state index in [0.29, 0.717) is 5.56 Å². The fraction of sp³-hybridized carbons (Fsp3) is 0.0909. The van der Waals surface area contributed by atoms with Crippen LogP contribution >= 0.6 is 0 Å². The molecule has 0 fully saturated rings. The molecule has 0 radical (unpaired) electrons. The van der Waals surface area contributed by atoms with Gasteiger partial charge in [-0.1, -0.05) is 6.07 Å². The summed E-state index contributed by atoms with van der Waals surface area (Å²) < 4.78 is 14.9. The van der Waals surface area contributed by atoms with Crippen molar-refractivity contribution in [3.63, 3.8) is 0 Å². The van der Waals surface area contributed by atoms with Crippen molar-refractivity contribution < 1.29 is 14.3 Å². The van der Waals surface area contributed by atoms with Crippen molar-refractivity contribution in [2.75, 3.05) is 0 Å². The van der Waals surface area contributed by atoms with E-state index in [-0.39, 0.29) is 18.0 Å². The zero-order valence-corrected chi connectivity index (χ0v) is 8.80. The molecule has 0 aliphatic rings. The summed E-state index contributed by atoms with van der Waals surface area (Å²) in [5.41, 5.74) is 5.77. The first-order chi connectivity index (χ1) is 8.11. The number of aliphatic hydroxyl groups excluding tert-OH is 1. The van der Waals surface area contributed by atoms with E-state index in [1.165, 1.54) is 29.1 Å². The SMILES string of the molecule is NC(=O)c1ccn(-c2ccc(CO)cc2F)n1. The molecule has 2 rings (SSSR count). The van der Waals surface area contributed by atoms with Crippen LogP contribution in [0.3, 0.4) is 0 Å². The van der Waals surface area contributed by atoms with Crippen LogP contribution in [0.15, 0.2) is 30.5 Å². The smallest absolute Gasteiger partial charge is 0.269 e. The van der Waals surface area contributed by atoms with Crippen molar-refractivity contribution in [3.05, 3.63) is 47.5 Å². The second-order valence-electron chi connectivity index (χ2n) is 3.45. The van der Waals surface area contributed by atoms with Crippen molar-refractivity contribution in [1.29, 1.82) is 0 Å². The van der Waals surface area contributed by atoms with Crippen LogP contribution in [0.4, 0.5) is 4.39 Å². The molecule has 6 heteroatoms. The normalized spacial score (nSPS) is 10.5. The van der Waals surface area contributed by atoms with Gasteiger partial charge in [0.1, 0.15) is 17.2 Å². The molecule has 88 valence electrons. The maximum atomic E-state index is 13.6. The lowest BCUT2D eigenvalue weighted by molar-refractivity contribution is 0.0995. The van der Waals surface area contributed by atoms with Crippen LogP contribution in [-0.4, -0.2) is 20.8 Å². The summed E-state index contributed by atoms with van der Waals surface area (Å²) in [6, 6.07) is 5.66. The summed E-state index contributed by atoms with van der Waals surface area (Å²) >= 11 is 0. The van der Waals surface area contributed by atoms with E-state index in [0.717, 1.165) is 0 Å². The summed E-state index contributed by atoms with van der Waals surface area (Å²) in [5, 5.41) is 12.7. The minimum Gasteiger partial charge on any atom is -0.392 e. The van der Waals surface area contributed by atoms with Crippen LogP contribution in [0.1, 0.15) is 16.1 Å². The van der Waals surface area contributed by atoms with E-state index < -0.39 is 11.7 Å². The van der Waals surface area contributed by atoms with Crippen LogP contribution in [0.2, 0.25) is 0 Å². The molecule has 1 heterocycles. The molecule has 0 atom stereocenters. The van der Waals surface area contributed by atoms with Crippen molar-refractivity contribution in [2.45, 2.75) is 6.61 Å². The Morgan fingerprint density at radius 2 is 2.24 bits per heavy atom. The first-order valence-electron chi connectivity index (χ1n) is 4.87. The van der Waals surface area contributed by atoms with Gasteiger partial charge >= 0.3 is 0 Å². The Morgan fingerprint density at radius 3 is 2.76 bits per heavy atom. The van der Waals surface area contributed by atoms with E-state index in [1.54, 1.807) is 6.07 Å². The minimum absolute atomic E-state index is 0.0654. The molecule has 0 unspecified atom stereocenters. The molecule has 0 saturated carbocycles. The zero-order valence-electron chi connectivity index (χ0n) is 8.80. The maximum absolute atomic E-state index is 13.6. The Morgan fingerprint density at radius 1 is 1.47 bits per heavy atom. The van der Waals surface area contributed by atoms with E-state index in [9.17, 15) is 9.18 Å². The van der Waals surface area contributed by atoms with Crippen molar-refractivity contribution in [1.82, 2.24) is 9.78 Å². The Balaban J connectivity index is 2.42. The number of primary amides is 1. The van der Waals surface area contributed by atoms with Gasteiger partial charge in [0.2, 0.25) is 0 Å². The molecule has 3 N–H and O–H groups in total. The number of nitrogens with two attached hydrogens (primary N) is 1. The lowest BCUT2D eigenvalue weighted by Gasteiger charge is -2.04. The number of nitrogens with zero attached hydrogens (tertiary/aromatic N) is 2.